The molecule has 3 N–H and O–H groups in total. The van der Waals surface area contributed by atoms with Gasteiger partial charge in [-0.1, -0.05) is 29.3 Å². The minimum atomic E-state index is -0.242. The molecule has 0 unspecified atom stereocenters. The van der Waals surface area contributed by atoms with Crippen molar-refractivity contribution in [3.8, 4) is 0 Å². The summed E-state index contributed by atoms with van der Waals surface area (Å²) in [5.41, 5.74) is 7.03. The average Bonchev–Trinajstić information content (AvgIpc) is 2.61. The smallest absolute Gasteiger partial charge is 0.409 e. The van der Waals surface area contributed by atoms with Crippen LogP contribution in [0.25, 0.3) is 0 Å². The van der Waals surface area contributed by atoms with Crippen LogP contribution in [0.3, 0.4) is 0 Å². The minimum absolute atomic E-state index is 0.232. The van der Waals surface area contributed by atoms with Gasteiger partial charge in [-0.25, -0.2) is 4.79 Å². The lowest BCUT2D eigenvalue weighted by Crippen LogP contribution is -2.48. The first-order chi connectivity index (χ1) is 12.5. The fourth-order valence-electron chi connectivity index (χ4n) is 2.87. The summed E-state index contributed by atoms with van der Waals surface area (Å²) in [5.74, 6) is 0.446. The van der Waals surface area contributed by atoms with Crippen LogP contribution in [0.2, 0.25) is 10.0 Å². The summed E-state index contributed by atoms with van der Waals surface area (Å²) in [4.78, 5) is 17.8. The molecule has 26 heavy (non-hydrogen) atoms. The first kappa shape index (κ1) is 20.6. The van der Waals surface area contributed by atoms with E-state index in [2.05, 4.69) is 10.3 Å². The van der Waals surface area contributed by atoms with Crippen LogP contribution >= 0.6 is 23.2 Å². The number of ether oxygens (including phenoxy) is 1. The second kappa shape index (κ2) is 10.5. The number of aliphatic imine (C=N–C) groups is 1. The van der Waals surface area contributed by atoms with E-state index in [1.165, 1.54) is 0 Å². The molecule has 1 aromatic rings. The number of carbonyl (C=O) groups is 1. The van der Waals surface area contributed by atoms with Gasteiger partial charge in [0, 0.05) is 35.7 Å². The van der Waals surface area contributed by atoms with Gasteiger partial charge >= 0.3 is 6.09 Å². The number of carbonyl (C=O) groups excluding carboxylic acids is 1. The highest BCUT2D eigenvalue weighted by atomic mass is 35.5. The van der Waals surface area contributed by atoms with Crippen molar-refractivity contribution >= 4 is 35.3 Å². The van der Waals surface area contributed by atoms with Gasteiger partial charge in [-0.15, -0.1) is 0 Å². The van der Waals surface area contributed by atoms with Gasteiger partial charge in [0.05, 0.1) is 6.61 Å². The summed E-state index contributed by atoms with van der Waals surface area (Å²) in [5, 5.41) is 4.55. The molecule has 1 heterocycles. The molecule has 1 aliphatic heterocycles. The summed E-state index contributed by atoms with van der Waals surface area (Å²) in [6.07, 6.45) is 3.09. The van der Waals surface area contributed by atoms with Gasteiger partial charge in [0.25, 0.3) is 0 Å². The number of benzene rings is 1. The number of aryl methyl sites for hydroxylation is 1. The number of nitrogens with two attached hydrogens (primary N) is 1. The number of guanidine groups is 1. The Kier molecular flexibility index (Phi) is 8.32. The zero-order valence-corrected chi connectivity index (χ0v) is 16.5. The molecule has 0 atom stereocenters. The van der Waals surface area contributed by atoms with Crippen molar-refractivity contribution in [1.29, 1.82) is 0 Å². The largest absolute Gasteiger partial charge is 0.450 e. The summed E-state index contributed by atoms with van der Waals surface area (Å²) in [6.45, 7) is 4.17. The van der Waals surface area contributed by atoms with Crippen molar-refractivity contribution in [3.05, 3.63) is 33.8 Å². The SMILES string of the molecule is CCOC(=O)N1CCC(NC(N)=NCCCc2ccc(Cl)cc2Cl)CC1. The zero-order valence-electron chi connectivity index (χ0n) is 15.0. The Morgan fingerprint density at radius 2 is 2.12 bits per heavy atom. The van der Waals surface area contributed by atoms with Crippen molar-refractivity contribution in [3.63, 3.8) is 0 Å². The number of hydrogen-bond acceptors (Lipinski definition) is 3. The van der Waals surface area contributed by atoms with Crippen molar-refractivity contribution in [2.75, 3.05) is 26.2 Å². The van der Waals surface area contributed by atoms with Crippen LogP contribution < -0.4 is 11.1 Å². The number of piperidine rings is 1. The van der Waals surface area contributed by atoms with Gasteiger partial charge in [-0.2, -0.15) is 0 Å². The molecule has 144 valence electrons. The van der Waals surface area contributed by atoms with Crippen LogP contribution in [0, 0.1) is 0 Å². The highest BCUT2D eigenvalue weighted by Gasteiger charge is 2.23. The number of halogens is 2. The van der Waals surface area contributed by atoms with Gasteiger partial charge in [-0.3, -0.25) is 4.99 Å². The predicted octanol–water partition coefficient (Wildman–Crippen LogP) is 3.45. The van der Waals surface area contributed by atoms with E-state index in [0.717, 1.165) is 31.2 Å². The molecule has 1 fully saturated rings. The standard InChI is InChI=1S/C18H26Cl2N4O2/c1-2-26-18(25)24-10-7-15(8-11-24)23-17(21)22-9-3-4-13-5-6-14(19)12-16(13)20/h5-6,12,15H,2-4,7-11H2,1H3,(H3,21,22,23). The van der Waals surface area contributed by atoms with Crippen LogP contribution in [-0.4, -0.2) is 49.2 Å². The maximum Gasteiger partial charge on any atom is 0.409 e. The van der Waals surface area contributed by atoms with E-state index in [4.69, 9.17) is 33.7 Å². The van der Waals surface area contributed by atoms with E-state index in [0.29, 0.717) is 42.2 Å². The van der Waals surface area contributed by atoms with Gasteiger partial charge in [0.1, 0.15) is 0 Å². The lowest BCUT2D eigenvalue weighted by molar-refractivity contribution is 0.0963. The number of hydrogen-bond donors (Lipinski definition) is 2. The zero-order chi connectivity index (χ0) is 18.9. The molecule has 6 nitrogen and oxygen atoms in total. The Balaban J connectivity index is 1.68. The number of nitrogens with one attached hydrogen (secondary N) is 1. The first-order valence-electron chi connectivity index (χ1n) is 8.91. The Hall–Kier alpha value is -1.66. The molecule has 0 aliphatic carbocycles. The molecule has 0 bridgehead atoms. The maximum absolute atomic E-state index is 11.7. The fraction of sp³-hybridized carbons (Fsp3) is 0.556. The number of rotatable bonds is 6. The average molecular weight is 401 g/mol. The third kappa shape index (κ3) is 6.57. The number of amides is 1. The monoisotopic (exact) mass is 400 g/mol. The Bertz CT molecular complexity index is 632. The quantitative estimate of drug-likeness (QED) is 0.435. The van der Waals surface area contributed by atoms with Gasteiger partial charge in [0.2, 0.25) is 0 Å². The number of likely N-dealkylation sites (tertiary alicyclic amines) is 1. The number of nitrogens with zero attached hydrogens (tertiary/aromatic N) is 2. The second-order valence-corrected chi connectivity index (χ2v) is 7.05. The highest BCUT2D eigenvalue weighted by molar-refractivity contribution is 6.35. The van der Waals surface area contributed by atoms with Gasteiger partial charge in [0.15, 0.2) is 5.96 Å². The molecule has 2 rings (SSSR count). The predicted molar refractivity (Wildman–Crippen MR) is 106 cm³/mol. The second-order valence-electron chi connectivity index (χ2n) is 6.21. The van der Waals surface area contributed by atoms with E-state index < -0.39 is 0 Å². The van der Waals surface area contributed by atoms with Crippen LogP contribution in [-0.2, 0) is 11.2 Å². The van der Waals surface area contributed by atoms with E-state index in [1.54, 1.807) is 11.0 Å². The van der Waals surface area contributed by atoms with Gasteiger partial charge in [-0.05, 0) is 50.3 Å². The molecule has 1 aromatic carbocycles. The third-order valence-electron chi connectivity index (χ3n) is 4.27. The topological polar surface area (TPSA) is 80.0 Å². The molecule has 1 saturated heterocycles. The van der Waals surface area contributed by atoms with Crippen molar-refractivity contribution < 1.29 is 9.53 Å². The summed E-state index contributed by atoms with van der Waals surface area (Å²) in [6, 6.07) is 5.76. The molecule has 0 spiro atoms. The van der Waals surface area contributed by atoms with Crippen molar-refractivity contribution in [2.45, 2.75) is 38.6 Å². The molecule has 0 radical (unpaired) electrons. The Labute approximate surface area is 164 Å². The molecule has 1 aliphatic rings. The fourth-order valence-corrected chi connectivity index (χ4v) is 3.37. The molecule has 0 saturated carbocycles. The normalized spacial score (nSPS) is 15.8. The lowest BCUT2D eigenvalue weighted by Gasteiger charge is -2.31. The minimum Gasteiger partial charge on any atom is -0.450 e. The molecule has 0 aromatic heterocycles. The van der Waals surface area contributed by atoms with Crippen LogP contribution in [0.4, 0.5) is 4.79 Å². The molecule has 1 amide bonds. The van der Waals surface area contributed by atoms with Crippen LogP contribution in [0.1, 0.15) is 31.7 Å². The van der Waals surface area contributed by atoms with E-state index >= 15 is 0 Å². The third-order valence-corrected chi connectivity index (χ3v) is 4.86. The molecule has 8 heteroatoms. The summed E-state index contributed by atoms with van der Waals surface area (Å²) < 4.78 is 5.02. The van der Waals surface area contributed by atoms with Crippen LogP contribution in [0.15, 0.2) is 23.2 Å². The van der Waals surface area contributed by atoms with E-state index in [9.17, 15) is 4.79 Å². The Morgan fingerprint density at radius 1 is 1.38 bits per heavy atom. The van der Waals surface area contributed by atoms with Crippen molar-refractivity contribution in [1.82, 2.24) is 10.2 Å². The van der Waals surface area contributed by atoms with Crippen LogP contribution in [0.5, 0.6) is 0 Å². The maximum atomic E-state index is 11.7. The summed E-state index contributed by atoms with van der Waals surface area (Å²) >= 11 is 12.1. The van der Waals surface area contributed by atoms with Gasteiger partial charge < -0.3 is 20.7 Å². The van der Waals surface area contributed by atoms with E-state index in [1.807, 2.05) is 19.1 Å². The molecular formula is C18H26Cl2N4O2. The summed E-state index contributed by atoms with van der Waals surface area (Å²) in [7, 11) is 0. The van der Waals surface area contributed by atoms with E-state index in [-0.39, 0.29) is 12.1 Å². The highest BCUT2D eigenvalue weighted by Crippen LogP contribution is 2.22. The lowest BCUT2D eigenvalue weighted by atomic mass is 10.1. The Morgan fingerprint density at radius 3 is 2.77 bits per heavy atom. The molecular weight excluding hydrogens is 375 g/mol. The first-order valence-corrected chi connectivity index (χ1v) is 9.67. The van der Waals surface area contributed by atoms with Crippen molar-refractivity contribution in [2.24, 2.45) is 10.7 Å².